The summed E-state index contributed by atoms with van der Waals surface area (Å²) in [6.45, 7) is 2.88. The molecule has 1 aromatic carbocycles. The standard InChI is InChI=1S/C25H25ClN4O4S3/c1-2-34-19-9-5-10-20-23(19)28-25(35-20)29(16-17-7-6-13-27-15-17)24(31)18-8-3-4-14-30(18)37(32,33)22-12-11-21(26)36-22/h5-7,9-13,15,18H,2-4,8,14,16H2,1H3. The Kier molecular flexibility index (Phi) is 7.77. The minimum absolute atomic E-state index is 0.136. The summed E-state index contributed by atoms with van der Waals surface area (Å²) in [6.07, 6.45) is 5.23. The number of pyridine rings is 1. The summed E-state index contributed by atoms with van der Waals surface area (Å²) < 4.78 is 35.6. The van der Waals surface area contributed by atoms with Crippen LogP contribution in [0.25, 0.3) is 10.2 Å². The van der Waals surface area contributed by atoms with E-state index in [9.17, 15) is 13.2 Å². The molecule has 1 amide bonds. The first-order valence-electron chi connectivity index (χ1n) is 11.9. The molecule has 0 saturated carbocycles. The van der Waals surface area contributed by atoms with Crippen molar-refractivity contribution in [1.29, 1.82) is 0 Å². The molecule has 12 heteroatoms. The van der Waals surface area contributed by atoms with Gasteiger partial charge in [-0.1, -0.05) is 41.5 Å². The van der Waals surface area contributed by atoms with Gasteiger partial charge in [0.1, 0.15) is 21.5 Å². The number of anilines is 1. The molecule has 0 spiro atoms. The summed E-state index contributed by atoms with van der Waals surface area (Å²) in [5.41, 5.74) is 1.49. The van der Waals surface area contributed by atoms with Crippen LogP contribution in [0.5, 0.6) is 5.75 Å². The number of fused-ring (bicyclic) bond motifs is 1. The first kappa shape index (κ1) is 26.1. The summed E-state index contributed by atoms with van der Waals surface area (Å²) in [5, 5.41) is 0.484. The van der Waals surface area contributed by atoms with Gasteiger partial charge in [-0.15, -0.1) is 11.3 Å². The third kappa shape index (κ3) is 5.37. The first-order valence-corrected chi connectivity index (χ1v) is 15.3. The van der Waals surface area contributed by atoms with Crippen LogP contribution in [-0.4, -0.2) is 47.8 Å². The lowest BCUT2D eigenvalue weighted by molar-refractivity contribution is -0.123. The number of piperidine rings is 1. The number of thiazole rings is 1. The van der Waals surface area contributed by atoms with Gasteiger partial charge in [0.25, 0.3) is 10.0 Å². The molecule has 8 nitrogen and oxygen atoms in total. The predicted octanol–water partition coefficient (Wildman–Crippen LogP) is 5.58. The highest BCUT2D eigenvalue weighted by molar-refractivity contribution is 7.91. The number of ether oxygens (including phenoxy) is 1. The molecule has 1 fully saturated rings. The second-order valence-corrected chi connectivity index (χ2v) is 13.3. The summed E-state index contributed by atoms with van der Waals surface area (Å²) >= 11 is 8.41. The van der Waals surface area contributed by atoms with Gasteiger partial charge in [-0.25, -0.2) is 13.4 Å². The Balaban J connectivity index is 1.55. The van der Waals surface area contributed by atoms with Gasteiger partial charge in [0, 0.05) is 18.9 Å². The van der Waals surface area contributed by atoms with Crippen LogP contribution in [0.15, 0.2) is 59.1 Å². The van der Waals surface area contributed by atoms with Gasteiger partial charge in [0.2, 0.25) is 5.91 Å². The maximum atomic E-state index is 14.2. The van der Waals surface area contributed by atoms with Gasteiger partial charge in [-0.3, -0.25) is 14.7 Å². The van der Waals surface area contributed by atoms with E-state index in [1.54, 1.807) is 29.4 Å². The number of nitrogens with zero attached hydrogens (tertiary/aromatic N) is 4. The molecule has 1 aliphatic rings. The van der Waals surface area contributed by atoms with Crippen LogP contribution in [0.3, 0.4) is 0 Å². The van der Waals surface area contributed by atoms with E-state index in [4.69, 9.17) is 21.3 Å². The molecule has 4 aromatic rings. The zero-order valence-corrected chi connectivity index (χ0v) is 23.2. The number of carbonyl (C=O) groups excluding carboxylic acids is 1. The number of para-hydroxylation sites is 1. The van der Waals surface area contributed by atoms with E-state index in [0.29, 0.717) is 40.2 Å². The summed E-state index contributed by atoms with van der Waals surface area (Å²) in [7, 11) is -3.89. The third-order valence-electron chi connectivity index (χ3n) is 6.08. The van der Waals surface area contributed by atoms with Gasteiger partial charge in [0.15, 0.2) is 5.13 Å². The second-order valence-electron chi connectivity index (χ2n) is 8.50. The molecule has 3 aromatic heterocycles. The molecule has 4 heterocycles. The van der Waals surface area contributed by atoms with Crippen LogP contribution in [0, 0.1) is 0 Å². The molecule has 5 rings (SSSR count). The third-order valence-corrected chi connectivity index (χ3v) is 10.7. The fourth-order valence-electron chi connectivity index (χ4n) is 4.38. The Morgan fingerprint density at radius 1 is 1.19 bits per heavy atom. The van der Waals surface area contributed by atoms with Crippen LogP contribution in [0.1, 0.15) is 31.7 Å². The minimum Gasteiger partial charge on any atom is -0.492 e. The largest absolute Gasteiger partial charge is 0.492 e. The SMILES string of the molecule is CCOc1cccc2sc(N(Cc3cccnc3)C(=O)C3CCCCN3S(=O)(=O)c3ccc(Cl)s3)nc12. The van der Waals surface area contributed by atoms with Crippen LogP contribution in [0.4, 0.5) is 5.13 Å². The molecule has 1 aliphatic heterocycles. The molecule has 1 unspecified atom stereocenters. The van der Waals surface area contributed by atoms with E-state index in [2.05, 4.69) is 4.98 Å². The van der Waals surface area contributed by atoms with Gasteiger partial charge in [-0.05, 0) is 55.7 Å². The quantitative estimate of drug-likeness (QED) is 0.272. The smallest absolute Gasteiger partial charge is 0.253 e. The molecular formula is C25H25ClN4O4S3. The highest BCUT2D eigenvalue weighted by atomic mass is 35.5. The van der Waals surface area contributed by atoms with Crippen LogP contribution >= 0.6 is 34.3 Å². The van der Waals surface area contributed by atoms with E-state index in [1.807, 2.05) is 31.2 Å². The van der Waals surface area contributed by atoms with E-state index >= 15 is 0 Å². The number of hydrogen-bond acceptors (Lipinski definition) is 8. The highest BCUT2D eigenvalue weighted by Gasteiger charge is 2.41. The summed E-state index contributed by atoms with van der Waals surface area (Å²) in [4.78, 5) is 24.8. The fraction of sp³-hybridized carbons (Fsp3) is 0.320. The maximum absolute atomic E-state index is 14.2. The maximum Gasteiger partial charge on any atom is 0.253 e. The average Bonchev–Trinajstić information content (AvgIpc) is 3.55. The van der Waals surface area contributed by atoms with Gasteiger partial charge in [0.05, 0.1) is 22.2 Å². The fourth-order valence-corrected chi connectivity index (χ4v) is 8.64. The van der Waals surface area contributed by atoms with Crippen molar-refractivity contribution in [2.24, 2.45) is 0 Å². The van der Waals surface area contributed by atoms with E-state index in [0.717, 1.165) is 28.0 Å². The number of hydrogen-bond donors (Lipinski definition) is 0. The number of amides is 1. The van der Waals surface area contributed by atoms with Crippen molar-refractivity contribution in [1.82, 2.24) is 14.3 Å². The van der Waals surface area contributed by atoms with Crippen molar-refractivity contribution >= 4 is 65.6 Å². The first-order chi connectivity index (χ1) is 17.9. The number of carbonyl (C=O) groups is 1. The van der Waals surface area contributed by atoms with Crippen molar-refractivity contribution in [2.75, 3.05) is 18.1 Å². The normalized spacial score (nSPS) is 16.6. The highest BCUT2D eigenvalue weighted by Crippen LogP contribution is 2.37. The lowest BCUT2D eigenvalue weighted by atomic mass is 10.0. The molecule has 0 radical (unpaired) electrons. The lowest BCUT2D eigenvalue weighted by Gasteiger charge is -2.35. The predicted molar refractivity (Wildman–Crippen MR) is 147 cm³/mol. The molecule has 0 bridgehead atoms. The molecule has 0 aliphatic carbocycles. The topological polar surface area (TPSA) is 92.7 Å². The second kappa shape index (κ2) is 11.0. The number of halogens is 1. The summed E-state index contributed by atoms with van der Waals surface area (Å²) in [5.74, 6) is 0.333. The van der Waals surface area contributed by atoms with Gasteiger partial charge in [-0.2, -0.15) is 4.31 Å². The molecular weight excluding hydrogens is 552 g/mol. The van der Waals surface area contributed by atoms with Crippen LogP contribution in [0.2, 0.25) is 4.34 Å². The molecule has 194 valence electrons. The number of rotatable bonds is 8. The molecule has 1 saturated heterocycles. The lowest BCUT2D eigenvalue weighted by Crippen LogP contribution is -2.52. The Morgan fingerprint density at radius 3 is 2.78 bits per heavy atom. The van der Waals surface area contributed by atoms with Crippen LogP contribution in [-0.2, 0) is 21.4 Å². The number of aromatic nitrogens is 2. The van der Waals surface area contributed by atoms with Crippen molar-refractivity contribution < 1.29 is 17.9 Å². The van der Waals surface area contributed by atoms with E-state index in [1.165, 1.54) is 21.7 Å². The Morgan fingerprint density at radius 2 is 2.05 bits per heavy atom. The van der Waals surface area contributed by atoms with Crippen molar-refractivity contribution in [3.05, 3.63) is 64.8 Å². The molecule has 37 heavy (non-hydrogen) atoms. The van der Waals surface area contributed by atoms with Crippen molar-refractivity contribution in [2.45, 2.75) is 43.0 Å². The zero-order valence-electron chi connectivity index (χ0n) is 20.0. The summed E-state index contributed by atoms with van der Waals surface area (Å²) in [6, 6.07) is 11.6. The molecule has 1 atom stereocenters. The van der Waals surface area contributed by atoms with Crippen molar-refractivity contribution in [3.63, 3.8) is 0 Å². The zero-order chi connectivity index (χ0) is 26.0. The van der Waals surface area contributed by atoms with Crippen LogP contribution < -0.4 is 9.64 Å². The minimum atomic E-state index is -3.89. The number of benzene rings is 1. The Hall–Kier alpha value is -2.57. The van der Waals surface area contributed by atoms with Gasteiger partial charge < -0.3 is 4.74 Å². The van der Waals surface area contributed by atoms with E-state index < -0.39 is 16.1 Å². The Labute approximate surface area is 228 Å². The van der Waals surface area contributed by atoms with Gasteiger partial charge >= 0.3 is 0 Å². The molecule has 0 N–H and O–H groups in total. The monoisotopic (exact) mass is 576 g/mol. The average molecular weight is 577 g/mol. The Bertz CT molecular complexity index is 1510. The van der Waals surface area contributed by atoms with Crippen molar-refractivity contribution in [3.8, 4) is 5.75 Å². The van der Waals surface area contributed by atoms with E-state index in [-0.39, 0.29) is 23.2 Å². The number of sulfonamides is 1. The number of thiophene rings is 1.